The zero-order valence-electron chi connectivity index (χ0n) is 15.5. The second kappa shape index (κ2) is 7.26. The zero-order chi connectivity index (χ0) is 19.0. The van der Waals surface area contributed by atoms with Crippen LogP contribution in [-0.2, 0) is 16.3 Å². The molecule has 0 saturated carbocycles. The molecule has 144 valence electrons. The SMILES string of the molecule is CS(=O)(=O)c1ccc(O[C@@H]2c3ccccc3C[C@@H]2N2CCC[C@@H](N)C2)cc1. The first-order valence-corrected chi connectivity index (χ1v) is 11.3. The second-order valence-corrected chi connectivity index (χ2v) is 9.67. The standard InChI is InChI=1S/C21H26N2O3S/c1-27(24,25)18-10-8-17(9-11-18)26-21-19-7-3-2-5-15(19)13-20(21)23-12-4-6-16(22)14-23/h2-3,5,7-11,16,20-21H,4,6,12-14,22H2,1H3/t16-,20+,21-/m1/s1. The van der Waals surface area contributed by atoms with Gasteiger partial charge in [-0.2, -0.15) is 0 Å². The minimum Gasteiger partial charge on any atom is -0.484 e. The molecule has 1 fully saturated rings. The first-order chi connectivity index (χ1) is 12.9. The van der Waals surface area contributed by atoms with Crippen LogP contribution in [-0.4, -0.2) is 44.7 Å². The third kappa shape index (κ3) is 3.88. The molecule has 1 saturated heterocycles. The summed E-state index contributed by atoms with van der Waals surface area (Å²) in [5, 5.41) is 0. The van der Waals surface area contributed by atoms with Crippen LogP contribution in [0.15, 0.2) is 53.4 Å². The van der Waals surface area contributed by atoms with Crippen LogP contribution in [0.5, 0.6) is 5.75 Å². The van der Waals surface area contributed by atoms with Crippen LogP contribution in [0.25, 0.3) is 0 Å². The van der Waals surface area contributed by atoms with E-state index >= 15 is 0 Å². The van der Waals surface area contributed by atoms with Gasteiger partial charge in [-0.1, -0.05) is 24.3 Å². The highest BCUT2D eigenvalue weighted by Crippen LogP contribution is 2.38. The second-order valence-electron chi connectivity index (χ2n) is 7.65. The lowest BCUT2D eigenvalue weighted by molar-refractivity contribution is 0.0593. The van der Waals surface area contributed by atoms with Crippen molar-refractivity contribution < 1.29 is 13.2 Å². The van der Waals surface area contributed by atoms with Gasteiger partial charge in [0.05, 0.1) is 10.9 Å². The number of hydrogen-bond acceptors (Lipinski definition) is 5. The van der Waals surface area contributed by atoms with Crippen LogP contribution in [0.3, 0.4) is 0 Å². The van der Waals surface area contributed by atoms with Crippen LogP contribution in [0.1, 0.15) is 30.1 Å². The van der Waals surface area contributed by atoms with E-state index in [1.807, 2.05) is 6.07 Å². The summed E-state index contributed by atoms with van der Waals surface area (Å²) in [5.74, 6) is 0.690. The number of piperidine rings is 1. The largest absolute Gasteiger partial charge is 0.484 e. The average Bonchev–Trinajstić information content (AvgIpc) is 3.00. The molecule has 1 aliphatic carbocycles. The minimum atomic E-state index is -3.21. The first-order valence-electron chi connectivity index (χ1n) is 9.46. The van der Waals surface area contributed by atoms with Crippen molar-refractivity contribution in [1.29, 1.82) is 0 Å². The minimum absolute atomic E-state index is 0.0735. The van der Waals surface area contributed by atoms with Gasteiger partial charge in [0.25, 0.3) is 0 Å². The molecule has 4 rings (SSSR count). The number of nitrogens with two attached hydrogens (primary N) is 1. The summed E-state index contributed by atoms with van der Waals surface area (Å²) in [7, 11) is -3.21. The highest BCUT2D eigenvalue weighted by atomic mass is 32.2. The quantitative estimate of drug-likeness (QED) is 0.874. The third-order valence-electron chi connectivity index (χ3n) is 5.61. The molecule has 0 amide bonds. The number of nitrogens with zero attached hydrogens (tertiary/aromatic N) is 1. The highest BCUT2D eigenvalue weighted by molar-refractivity contribution is 7.90. The molecular formula is C21H26N2O3S. The molecule has 27 heavy (non-hydrogen) atoms. The number of fused-ring (bicyclic) bond motifs is 1. The fourth-order valence-electron chi connectivity index (χ4n) is 4.25. The summed E-state index contributed by atoms with van der Waals surface area (Å²) in [5.41, 5.74) is 8.75. The Morgan fingerprint density at radius 3 is 2.56 bits per heavy atom. The summed E-state index contributed by atoms with van der Waals surface area (Å²) >= 11 is 0. The average molecular weight is 387 g/mol. The lowest BCUT2D eigenvalue weighted by Crippen LogP contribution is -2.49. The van der Waals surface area contributed by atoms with E-state index < -0.39 is 9.84 Å². The Bertz CT molecular complexity index is 911. The molecule has 0 unspecified atom stereocenters. The summed E-state index contributed by atoms with van der Waals surface area (Å²) < 4.78 is 29.8. The maximum absolute atomic E-state index is 11.7. The fraction of sp³-hybridized carbons (Fsp3) is 0.429. The molecule has 2 aliphatic rings. The van der Waals surface area contributed by atoms with Crippen LogP contribution < -0.4 is 10.5 Å². The van der Waals surface area contributed by atoms with Crippen molar-refractivity contribution in [2.75, 3.05) is 19.3 Å². The molecule has 0 spiro atoms. The van der Waals surface area contributed by atoms with Gasteiger partial charge in [-0.15, -0.1) is 0 Å². The highest BCUT2D eigenvalue weighted by Gasteiger charge is 2.39. The summed E-state index contributed by atoms with van der Waals surface area (Å²) in [6, 6.07) is 15.6. The van der Waals surface area contributed by atoms with Crippen molar-refractivity contribution in [3.05, 3.63) is 59.7 Å². The molecular weight excluding hydrogens is 360 g/mol. The van der Waals surface area contributed by atoms with Gasteiger partial charge in [0.15, 0.2) is 9.84 Å². The van der Waals surface area contributed by atoms with E-state index in [0.717, 1.165) is 32.4 Å². The number of benzene rings is 2. The first kappa shape index (κ1) is 18.5. The Morgan fingerprint density at radius 1 is 1.11 bits per heavy atom. The topological polar surface area (TPSA) is 72.6 Å². The Kier molecular flexibility index (Phi) is 4.97. The maximum atomic E-state index is 11.7. The van der Waals surface area contributed by atoms with Gasteiger partial charge >= 0.3 is 0 Å². The molecule has 1 heterocycles. The molecule has 6 heteroatoms. The molecule has 0 bridgehead atoms. The number of hydrogen-bond donors (Lipinski definition) is 1. The Hall–Kier alpha value is -1.89. The van der Waals surface area contributed by atoms with E-state index in [2.05, 4.69) is 23.1 Å². The molecule has 5 nitrogen and oxygen atoms in total. The molecule has 0 radical (unpaired) electrons. The van der Waals surface area contributed by atoms with Gasteiger partial charge in [-0.3, -0.25) is 4.90 Å². The predicted octanol–water partition coefficient (Wildman–Crippen LogP) is 2.56. The molecule has 0 aromatic heterocycles. The Morgan fingerprint density at radius 2 is 1.85 bits per heavy atom. The van der Waals surface area contributed by atoms with Gasteiger partial charge in [0.1, 0.15) is 11.9 Å². The van der Waals surface area contributed by atoms with Gasteiger partial charge in [0, 0.05) is 18.8 Å². The molecule has 2 aromatic rings. The van der Waals surface area contributed by atoms with E-state index in [1.54, 1.807) is 24.3 Å². The van der Waals surface area contributed by atoms with Gasteiger partial charge in [-0.05, 0) is 61.2 Å². The Balaban J connectivity index is 1.60. The normalized spacial score (nSPS) is 25.9. The van der Waals surface area contributed by atoms with Gasteiger partial charge in [-0.25, -0.2) is 8.42 Å². The van der Waals surface area contributed by atoms with E-state index in [-0.39, 0.29) is 18.2 Å². The van der Waals surface area contributed by atoms with Crippen LogP contribution in [0.2, 0.25) is 0 Å². The lowest BCUT2D eigenvalue weighted by atomic mass is 10.0. The third-order valence-corrected chi connectivity index (χ3v) is 6.74. The van der Waals surface area contributed by atoms with E-state index in [1.165, 1.54) is 17.4 Å². The zero-order valence-corrected chi connectivity index (χ0v) is 16.4. The van der Waals surface area contributed by atoms with E-state index in [4.69, 9.17) is 10.5 Å². The fourth-order valence-corrected chi connectivity index (χ4v) is 4.88. The molecule has 1 aliphatic heterocycles. The van der Waals surface area contributed by atoms with E-state index in [9.17, 15) is 8.42 Å². The van der Waals surface area contributed by atoms with E-state index in [0.29, 0.717) is 10.6 Å². The number of ether oxygens (including phenoxy) is 1. The van der Waals surface area contributed by atoms with Crippen LogP contribution in [0, 0.1) is 0 Å². The molecule has 2 N–H and O–H groups in total. The number of rotatable bonds is 4. The summed E-state index contributed by atoms with van der Waals surface area (Å²) in [6.45, 7) is 1.94. The number of likely N-dealkylation sites (tertiary alicyclic amines) is 1. The van der Waals surface area contributed by atoms with Crippen molar-refractivity contribution in [1.82, 2.24) is 4.90 Å². The summed E-state index contributed by atoms with van der Waals surface area (Å²) in [6.07, 6.45) is 4.29. The van der Waals surface area contributed by atoms with Crippen molar-refractivity contribution >= 4 is 9.84 Å². The number of sulfone groups is 1. The van der Waals surface area contributed by atoms with Gasteiger partial charge in [0.2, 0.25) is 0 Å². The van der Waals surface area contributed by atoms with Crippen molar-refractivity contribution in [3.63, 3.8) is 0 Å². The Labute approximate surface area is 161 Å². The van der Waals surface area contributed by atoms with Gasteiger partial charge < -0.3 is 10.5 Å². The monoisotopic (exact) mass is 386 g/mol. The van der Waals surface area contributed by atoms with Crippen LogP contribution >= 0.6 is 0 Å². The smallest absolute Gasteiger partial charge is 0.175 e. The van der Waals surface area contributed by atoms with Crippen LogP contribution in [0.4, 0.5) is 0 Å². The molecule has 3 atom stereocenters. The summed E-state index contributed by atoms with van der Waals surface area (Å²) in [4.78, 5) is 2.77. The predicted molar refractivity (Wildman–Crippen MR) is 106 cm³/mol. The van der Waals surface area contributed by atoms with Crippen molar-refractivity contribution in [2.45, 2.75) is 42.3 Å². The van der Waals surface area contributed by atoms with Crippen molar-refractivity contribution in [3.8, 4) is 5.75 Å². The molecule has 2 aromatic carbocycles. The lowest BCUT2D eigenvalue weighted by Gasteiger charge is -2.38. The maximum Gasteiger partial charge on any atom is 0.175 e. The van der Waals surface area contributed by atoms with Crippen molar-refractivity contribution in [2.24, 2.45) is 5.73 Å².